The van der Waals surface area contributed by atoms with Crippen molar-refractivity contribution in [1.82, 2.24) is 10.2 Å². The highest BCUT2D eigenvalue weighted by Crippen LogP contribution is 2.21. The first kappa shape index (κ1) is 25.8. The predicted octanol–water partition coefficient (Wildman–Crippen LogP) is 2.18. The highest BCUT2D eigenvalue weighted by atomic mass is 19.4. The predicted molar refractivity (Wildman–Crippen MR) is 105 cm³/mol. The fraction of sp³-hybridized carbons (Fsp3) is 0.600. The summed E-state index contributed by atoms with van der Waals surface area (Å²) >= 11 is 0. The molecule has 1 saturated heterocycles. The lowest BCUT2D eigenvalue weighted by molar-refractivity contribution is -0.327. The quantitative estimate of drug-likeness (QED) is 0.431. The van der Waals surface area contributed by atoms with Gasteiger partial charge in [0.1, 0.15) is 6.04 Å². The highest BCUT2D eigenvalue weighted by molar-refractivity contribution is 5.86. The van der Waals surface area contributed by atoms with Crippen molar-refractivity contribution < 1.29 is 46.8 Å². The fourth-order valence-electron chi connectivity index (χ4n) is 3.12. The summed E-state index contributed by atoms with van der Waals surface area (Å²) in [6.07, 6.45) is -5.53. The molecule has 1 aromatic rings. The van der Waals surface area contributed by atoms with Crippen molar-refractivity contribution in [2.24, 2.45) is 0 Å². The largest absolute Gasteiger partial charge is 0.522 e. The summed E-state index contributed by atoms with van der Waals surface area (Å²) in [5, 5.41) is 11.4. The van der Waals surface area contributed by atoms with E-state index in [4.69, 9.17) is 19.3 Å². The fourth-order valence-corrected chi connectivity index (χ4v) is 3.12. The Morgan fingerprint density at radius 2 is 1.69 bits per heavy atom. The normalized spacial score (nSPS) is 17.3. The lowest BCUT2D eigenvalue weighted by atomic mass is 10.1. The Morgan fingerprint density at radius 3 is 2.31 bits per heavy atom. The molecule has 1 fully saturated rings. The van der Waals surface area contributed by atoms with E-state index in [9.17, 15) is 22.8 Å². The number of nitrogens with zero attached hydrogens (tertiary/aromatic N) is 1. The molecule has 0 aromatic heterocycles. The molecule has 1 heterocycles. The van der Waals surface area contributed by atoms with Gasteiger partial charge in [0.05, 0.1) is 45.7 Å². The molecule has 0 spiro atoms. The van der Waals surface area contributed by atoms with Crippen LogP contribution < -0.4 is 5.32 Å². The third-order valence-electron chi connectivity index (χ3n) is 4.55. The molecule has 180 valence electrons. The van der Waals surface area contributed by atoms with E-state index in [-0.39, 0.29) is 45.0 Å². The number of rotatable bonds is 13. The molecule has 0 saturated carbocycles. The molecule has 1 aliphatic heterocycles. The molecule has 9 nitrogen and oxygen atoms in total. The molecule has 1 unspecified atom stereocenters. The summed E-state index contributed by atoms with van der Waals surface area (Å²) in [5.74, 6) is -0.340. The van der Waals surface area contributed by atoms with Gasteiger partial charge in [-0.15, -0.1) is 13.2 Å². The number of alkyl halides is 3. The average Bonchev–Trinajstić information content (AvgIpc) is 3.21. The number of benzene rings is 1. The Hall–Kier alpha value is -2.41. The molecule has 2 amide bonds. The first-order valence-corrected chi connectivity index (χ1v) is 10.1. The highest BCUT2D eigenvalue weighted by Gasteiger charge is 2.33. The van der Waals surface area contributed by atoms with Crippen molar-refractivity contribution in [2.45, 2.75) is 24.9 Å². The molecule has 2 N–H and O–H groups in total. The molecule has 0 aliphatic carbocycles. The van der Waals surface area contributed by atoms with Gasteiger partial charge in [-0.05, 0) is 12.0 Å². The molecular formula is C20H27F3N2O7. The van der Waals surface area contributed by atoms with Crippen LogP contribution in [-0.2, 0) is 23.7 Å². The number of carbonyl (C=O) groups is 2. The first-order valence-electron chi connectivity index (χ1n) is 10.1. The van der Waals surface area contributed by atoms with Crippen LogP contribution in [0.25, 0.3) is 0 Å². The molecule has 1 aliphatic rings. The van der Waals surface area contributed by atoms with Crippen LogP contribution in [0.4, 0.5) is 18.0 Å². The Morgan fingerprint density at radius 1 is 1.06 bits per heavy atom. The zero-order valence-corrected chi connectivity index (χ0v) is 17.4. The minimum absolute atomic E-state index is 0.129. The van der Waals surface area contributed by atoms with Gasteiger partial charge < -0.3 is 29.5 Å². The number of carbonyl (C=O) groups excluding carboxylic acids is 1. The van der Waals surface area contributed by atoms with Gasteiger partial charge in [-0.2, -0.15) is 0 Å². The SMILES string of the molecule is O=C(O)N[C@H](C(=O)N1CCC(OCCOCCOCCOC(F)(F)F)C1)c1ccccc1. The zero-order valence-electron chi connectivity index (χ0n) is 17.4. The second kappa shape index (κ2) is 13.2. The molecule has 12 heteroatoms. The number of halogens is 3. The molecule has 0 bridgehead atoms. The molecule has 2 rings (SSSR count). The number of amides is 2. The third kappa shape index (κ3) is 9.81. The van der Waals surface area contributed by atoms with E-state index < -0.39 is 25.1 Å². The van der Waals surface area contributed by atoms with E-state index >= 15 is 0 Å². The van der Waals surface area contributed by atoms with Gasteiger partial charge in [0.25, 0.3) is 0 Å². The van der Waals surface area contributed by atoms with Crippen molar-refractivity contribution in [3.63, 3.8) is 0 Å². The van der Waals surface area contributed by atoms with E-state index in [1.165, 1.54) is 0 Å². The van der Waals surface area contributed by atoms with Crippen molar-refractivity contribution in [2.75, 3.05) is 52.7 Å². The van der Waals surface area contributed by atoms with Crippen LogP contribution >= 0.6 is 0 Å². The van der Waals surface area contributed by atoms with Crippen LogP contribution in [0.3, 0.4) is 0 Å². The minimum atomic E-state index is -4.66. The molecule has 32 heavy (non-hydrogen) atoms. The first-order chi connectivity index (χ1) is 15.3. The number of hydrogen-bond donors (Lipinski definition) is 2. The van der Waals surface area contributed by atoms with Crippen LogP contribution in [0.15, 0.2) is 30.3 Å². The third-order valence-corrected chi connectivity index (χ3v) is 4.55. The number of likely N-dealkylation sites (tertiary alicyclic amines) is 1. The number of nitrogens with one attached hydrogen (secondary N) is 1. The topological polar surface area (TPSA) is 107 Å². The summed E-state index contributed by atoms with van der Waals surface area (Å²) in [6, 6.07) is 7.63. The molecule has 2 atom stereocenters. The van der Waals surface area contributed by atoms with Crippen molar-refractivity contribution in [3.8, 4) is 0 Å². The van der Waals surface area contributed by atoms with Gasteiger partial charge in [-0.1, -0.05) is 30.3 Å². The number of carboxylic acid groups (broad SMARTS) is 1. The summed E-state index contributed by atoms with van der Waals surface area (Å²) in [4.78, 5) is 25.5. The van der Waals surface area contributed by atoms with Crippen molar-refractivity contribution in [1.29, 1.82) is 0 Å². The van der Waals surface area contributed by atoms with Crippen LogP contribution in [0.1, 0.15) is 18.0 Å². The number of hydrogen-bond acceptors (Lipinski definition) is 6. The maximum Gasteiger partial charge on any atom is 0.522 e. The minimum Gasteiger partial charge on any atom is -0.465 e. The molecule has 1 aromatic carbocycles. The second-order valence-electron chi connectivity index (χ2n) is 6.88. The van der Waals surface area contributed by atoms with Gasteiger partial charge in [0.15, 0.2) is 0 Å². The standard InChI is InChI=1S/C20H27F3N2O7/c21-20(22,23)32-13-11-30-9-8-29-10-12-31-16-6-7-25(14-16)18(26)17(24-19(27)28)15-4-2-1-3-5-15/h1-5,16-17,24H,6-14H2,(H,27,28)/t16?,17-/m0/s1. The lowest BCUT2D eigenvalue weighted by Crippen LogP contribution is -2.42. The van der Waals surface area contributed by atoms with E-state index in [0.717, 1.165) is 0 Å². The maximum absolute atomic E-state index is 12.8. The van der Waals surface area contributed by atoms with Gasteiger partial charge in [-0.25, -0.2) is 4.79 Å². The Labute approximate surface area is 183 Å². The second-order valence-corrected chi connectivity index (χ2v) is 6.88. The van der Waals surface area contributed by atoms with E-state index in [1.807, 2.05) is 0 Å². The van der Waals surface area contributed by atoms with Gasteiger partial charge in [0, 0.05) is 13.1 Å². The van der Waals surface area contributed by atoms with Gasteiger partial charge in [0.2, 0.25) is 5.91 Å². The Bertz CT molecular complexity index is 706. The van der Waals surface area contributed by atoms with Crippen LogP contribution in [0.5, 0.6) is 0 Å². The summed E-state index contributed by atoms with van der Waals surface area (Å²) in [7, 11) is 0. The van der Waals surface area contributed by atoms with E-state index in [0.29, 0.717) is 25.1 Å². The molecular weight excluding hydrogens is 437 g/mol. The smallest absolute Gasteiger partial charge is 0.465 e. The van der Waals surface area contributed by atoms with E-state index in [1.54, 1.807) is 35.2 Å². The Balaban J connectivity index is 1.61. The summed E-state index contributed by atoms with van der Waals surface area (Å²) in [5.41, 5.74) is 0.560. The lowest BCUT2D eigenvalue weighted by Gasteiger charge is -2.23. The van der Waals surface area contributed by atoms with Crippen LogP contribution in [-0.4, -0.2) is 87.2 Å². The zero-order chi connectivity index (χ0) is 23.4. The van der Waals surface area contributed by atoms with Crippen molar-refractivity contribution >= 4 is 12.0 Å². The van der Waals surface area contributed by atoms with Gasteiger partial charge in [-0.3, -0.25) is 9.53 Å². The summed E-state index contributed by atoms with van der Waals surface area (Å²) in [6.45, 7) is 0.894. The maximum atomic E-state index is 12.8. The number of ether oxygens (including phenoxy) is 4. The van der Waals surface area contributed by atoms with Gasteiger partial charge >= 0.3 is 12.5 Å². The average molecular weight is 464 g/mol. The van der Waals surface area contributed by atoms with Crippen LogP contribution in [0.2, 0.25) is 0 Å². The Kier molecular flexibility index (Phi) is 10.7. The van der Waals surface area contributed by atoms with Crippen LogP contribution in [0, 0.1) is 0 Å². The summed E-state index contributed by atoms with van der Waals surface area (Å²) < 4.78 is 54.8. The van der Waals surface area contributed by atoms with E-state index in [2.05, 4.69) is 10.1 Å². The monoisotopic (exact) mass is 464 g/mol. The molecule has 0 radical (unpaired) electrons. The van der Waals surface area contributed by atoms with Crippen molar-refractivity contribution in [3.05, 3.63) is 35.9 Å².